The number of aliphatic imine (C=N–C) groups is 1. The highest BCUT2D eigenvalue weighted by Gasteiger charge is 2.50. The average Bonchev–Trinajstić information content (AvgIpc) is 3.34. The number of aliphatic carboxylic acids is 1. The summed E-state index contributed by atoms with van der Waals surface area (Å²) in [4.78, 5) is 42.6. The number of allylic oxidation sites excluding steroid dienone is 3. The monoisotopic (exact) mass is 1120 g/mol. The number of carbonyl (C=O) groups excluding carboxylic acids is 2. The fourth-order valence-corrected chi connectivity index (χ4v) is 10.4. The van der Waals surface area contributed by atoms with Crippen LogP contribution in [0.4, 0.5) is 0 Å². The van der Waals surface area contributed by atoms with E-state index in [1.807, 2.05) is 26.8 Å². The lowest BCUT2D eigenvalue weighted by atomic mass is 9.83. The SMILES string of the molecule is CC(=CCCCCCN=C(N)N)CC(C)C1OC(=O)C(C)C(OC(=O)CC(=O)O)C=CC(C)C(O)CC(O)C(C)C(O)CCC(C)C(O)CC2(O)OC(CC(O)CC(O)CC(O)C(C)C(O)C(C)=CCCC1C)CC(O)C2O. The van der Waals surface area contributed by atoms with Gasteiger partial charge in [-0.3, -0.25) is 19.4 Å². The van der Waals surface area contributed by atoms with Crippen LogP contribution in [0.1, 0.15) is 165 Å². The fourth-order valence-electron chi connectivity index (χ4n) is 10.4. The summed E-state index contributed by atoms with van der Waals surface area (Å²) in [5.74, 6) is -10.2. The molecule has 2 rings (SSSR count). The molecular weight excluding hydrogens is 1010 g/mol. The third-order valence-corrected chi connectivity index (χ3v) is 16.0. The molecule has 2 heterocycles. The van der Waals surface area contributed by atoms with Gasteiger partial charge in [0.1, 0.15) is 24.7 Å². The zero-order valence-electron chi connectivity index (χ0n) is 47.8. The topological polar surface area (TPSA) is 386 Å². The zero-order valence-corrected chi connectivity index (χ0v) is 47.8. The Kier molecular flexibility index (Phi) is 31.3. The van der Waals surface area contributed by atoms with Crippen LogP contribution in [0.15, 0.2) is 40.4 Å². The summed E-state index contributed by atoms with van der Waals surface area (Å²) in [7, 11) is 0. The van der Waals surface area contributed by atoms with E-state index in [4.69, 9.17) is 25.7 Å². The van der Waals surface area contributed by atoms with Crippen molar-refractivity contribution < 1.29 is 89.9 Å². The molecule has 0 aliphatic carbocycles. The van der Waals surface area contributed by atoms with E-state index in [0.717, 1.165) is 31.3 Å². The van der Waals surface area contributed by atoms with Gasteiger partial charge in [0, 0.05) is 43.6 Å². The van der Waals surface area contributed by atoms with Gasteiger partial charge in [0.25, 0.3) is 0 Å². The average molecular weight is 1120 g/mol. The van der Waals surface area contributed by atoms with E-state index in [-0.39, 0.29) is 62.7 Å². The number of esters is 2. The molecule has 0 aromatic heterocycles. The van der Waals surface area contributed by atoms with E-state index in [9.17, 15) is 75.7 Å². The van der Waals surface area contributed by atoms with Gasteiger partial charge in [0.05, 0.1) is 67.0 Å². The number of carboxylic acids is 1. The first-order chi connectivity index (χ1) is 36.4. The number of hydrogen-bond donors (Lipinski definition) is 14. The van der Waals surface area contributed by atoms with Crippen molar-refractivity contribution in [1.29, 1.82) is 0 Å². The molecule has 2 aliphatic heterocycles. The minimum Gasteiger partial charge on any atom is -0.481 e. The number of nitrogens with zero attached hydrogens (tertiary/aromatic N) is 1. The van der Waals surface area contributed by atoms with Gasteiger partial charge in [-0.1, -0.05) is 71.8 Å². The second kappa shape index (κ2) is 34.6. The molecule has 0 spiro atoms. The van der Waals surface area contributed by atoms with Crippen LogP contribution in [0.2, 0.25) is 0 Å². The molecular formula is C57H101N3O18. The van der Waals surface area contributed by atoms with Crippen LogP contribution in [0.25, 0.3) is 0 Å². The molecule has 0 aromatic carbocycles. The van der Waals surface area contributed by atoms with Crippen LogP contribution in [0, 0.1) is 41.4 Å². The van der Waals surface area contributed by atoms with Crippen molar-refractivity contribution in [2.75, 3.05) is 6.54 Å². The first-order valence-corrected chi connectivity index (χ1v) is 28.3. The van der Waals surface area contributed by atoms with Crippen LogP contribution in [0.3, 0.4) is 0 Å². The Morgan fingerprint density at radius 3 is 2.06 bits per heavy atom. The number of carboxylic acid groups (broad SMARTS) is 1. The number of cyclic esters (lactones) is 1. The van der Waals surface area contributed by atoms with Crippen molar-refractivity contribution in [2.24, 2.45) is 57.9 Å². The minimum atomic E-state index is -2.43. The van der Waals surface area contributed by atoms with E-state index in [1.165, 1.54) is 19.1 Å². The van der Waals surface area contributed by atoms with Gasteiger partial charge in [-0.25, -0.2) is 0 Å². The Bertz CT molecular complexity index is 1920. The first-order valence-electron chi connectivity index (χ1n) is 28.3. The summed E-state index contributed by atoms with van der Waals surface area (Å²) in [6.07, 6.45) is -6.49. The largest absolute Gasteiger partial charge is 0.481 e. The number of unbranched alkanes of at least 4 members (excludes halogenated alkanes) is 3. The normalized spacial score (nSPS) is 38.2. The van der Waals surface area contributed by atoms with Gasteiger partial charge < -0.3 is 87.0 Å². The van der Waals surface area contributed by atoms with Crippen LogP contribution in [-0.4, -0.2) is 177 Å². The number of guanidine groups is 1. The third-order valence-electron chi connectivity index (χ3n) is 16.0. The minimum absolute atomic E-state index is 0.0532. The molecule has 0 aromatic rings. The molecule has 21 atom stereocenters. The molecule has 0 radical (unpaired) electrons. The van der Waals surface area contributed by atoms with Crippen LogP contribution >= 0.6 is 0 Å². The molecule has 1 saturated heterocycles. The van der Waals surface area contributed by atoms with Gasteiger partial charge in [-0.05, 0) is 121 Å². The van der Waals surface area contributed by atoms with Crippen molar-refractivity contribution in [3.05, 3.63) is 35.5 Å². The predicted molar refractivity (Wildman–Crippen MR) is 293 cm³/mol. The predicted octanol–water partition coefficient (Wildman–Crippen LogP) is 3.02. The smallest absolute Gasteiger partial charge is 0.317 e. The molecule has 21 heteroatoms. The lowest BCUT2D eigenvalue weighted by molar-refractivity contribution is -0.333. The Labute approximate surface area is 462 Å². The van der Waals surface area contributed by atoms with E-state index in [1.54, 1.807) is 34.6 Å². The molecule has 1 fully saturated rings. The first kappa shape index (κ1) is 70.5. The maximum atomic E-state index is 14.3. The fraction of sp³-hybridized carbons (Fsp3) is 0.825. The van der Waals surface area contributed by atoms with Crippen molar-refractivity contribution in [1.82, 2.24) is 0 Å². The molecule has 21 nitrogen and oxygen atoms in total. The summed E-state index contributed by atoms with van der Waals surface area (Å²) in [6, 6.07) is 0. The molecule has 21 unspecified atom stereocenters. The van der Waals surface area contributed by atoms with Crippen molar-refractivity contribution in [2.45, 2.75) is 250 Å². The molecule has 2 aliphatic rings. The van der Waals surface area contributed by atoms with Gasteiger partial charge in [0.15, 0.2) is 11.7 Å². The van der Waals surface area contributed by atoms with E-state index < -0.39 is 145 Å². The number of aliphatic hydroxyl groups is 11. The van der Waals surface area contributed by atoms with Gasteiger partial charge in [-0.2, -0.15) is 0 Å². The lowest BCUT2D eigenvalue weighted by Gasteiger charge is -2.45. The maximum absolute atomic E-state index is 14.3. The highest BCUT2D eigenvalue weighted by atomic mass is 16.7. The molecule has 78 heavy (non-hydrogen) atoms. The summed E-state index contributed by atoms with van der Waals surface area (Å²) < 4.78 is 17.7. The summed E-state index contributed by atoms with van der Waals surface area (Å²) >= 11 is 0. The van der Waals surface area contributed by atoms with Crippen LogP contribution < -0.4 is 11.5 Å². The number of fused-ring (bicyclic) bond motifs is 2. The summed E-state index contributed by atoms with van der Waals surface area (Å²) in [5.41, 5.74) is 12.5. The second-order valence-corrected chi connectivity index (χ2v) is 23.2. The van der Waals surface area contributed by atoms with Gasteiger partial charge in [-0.15, -0.1) is 0 Å². The second-order valence-electron chi connectivity index (χ2n) is 23.2. The standard InChI is InChI=1S/C57H101N3O18/c1-31(15-12-10-11-13-22-60-56(58)59)23-36(6)53-35(5)17-14-16-34(4)52(72)38(8)45(65)26-41(62)24-40(61)25-42-27-47(67)54(73)57(75,78-42)30-48(68)33(3)18-20-43(63)37(7)46(66)28-44(64)32(2)19-21-49(39(9)55(74)77-53)76-51(71)29-50(69)70/h15-16,19,21,32-33,35-49,52-54,61-68,72-73,75H,10-14,17-18,20,22-30H2,1-9H3,(H,69,70)(H4,58,59,60). The van der Waals surface area contributed by atoms with E-state index in [0.29, 0.717) is 31.4 Å². The number of rotatable bonds is 12. The number of ether oxygens (including phenoxy) is 3. The van der Waals surface area contributed by atoms with Crippen molar-refractivity contribution in [3.8, 4) is 0 Å². The van der Waals surface area contributed by atoms with Crippen molar-refractivity contribution in [3.63, 3.8) is 0 Å². The number of carbonyl (C=O) groups is 3. The van der Waals surface area contributed by atoms with E-state index >= 15 is 0 Å². The Morgan fingerprint density at radius 1 is 0.782 bits per heavy atom. The quantitative estimate of drug-likeness (QED) is 0.0333. The Hall–Kier alpha value is -3.58. The molecule has 0 amide bonds. The lowest BCUT2D eigenvalue weighted by Crippen LogP contribution is -2.59. The molecule has 0 saturated carbocycles. The molecule has 16 N–H and O–H groups in total. The maximum Gasteiger partial charge on any atom is 0.317 e. The number of aliphatic hydroxyl groups excluding tert-OH is 10. The number of hydrogen-bond acceptors (Lipinski definition) is 18. The third kappa shape index (κ3) is 24.6. The summed E-state index contributed by atoms with van der Waals surface area (Å²) in [5, 5.41) is 132. The highest BCUT2D eigenvalue weighted by Crippen LogP contribution is 2.36. The zero-order chi connectivity index (χ0) is 59.2. The highest BCUT2D eigenvalue weighted by molar-refractivity contribution is 5.90. The van der Waals surface area contributed by atoms with Gasteiger partial charge >= 0.3 is 17.9 Å². The van der Waals surface area contributed by atoms with Crippen LogP contribution in [0.5, 0.6) is 0 Å². The number of nitrogens with two attached hydrogens (primary N) is 2. The molecule has 452 valence electrons. The summed E-state index contributed by atoms with van der Waals surface area (Å²) in [6.45, 7) is 16.1. The van der Waals surface area contributed by atoms with Crippen LogP contribution in [-0.2, 0) is 28.6 Å². The molecule has 2 bridgehead atoms. The van der Waals surface area contributed by atoms with Crippen molar-refractivity contribution >= 4 is 23.9 Å². The van der Waals surface area contributed by atoms with Gasteiger partial charge in [0.2, 0.25) is 0 Å². The Balaban J connectivity index is 2.52. The van der Waals surface area contributed by atoms with E-state index in [2.05, 4.69) is 11.1 Å². The Morgan fingerprint density at radius 2 is 1.42 bits per heavy atom.